The third kappa shape index (κ3) is 4.52. The van der Waals surface area contributed by atoms with Crippen molar-refractivity contribution in [1.82, 2.24) is 4.98 Å². The summed E-state index contributed by atoms with van der Waals surface area (Å²) in [4.78, 5) is 17.6. The highest BCUT2D eigenvalue weighted by Crippen LogP contribution is 2.32. The van der Waals surface area contributed by atoms with Crippen molar-refractivity contribution in [3.63, 3.8) is 0 Å². The third-order valence-corrected chi connectivity index (χ3v) is 5.97. The van der Waals surface area contributed by atoms with E-state index >= 15 is 0 Å². The van der Waals surface area contributed by atoms with Gasteiger partial charge in [-0.15, -0.1) is 11.3 Å². The van der Waals surface area contributed by atoms with Crippen molar-refractivity contribution in [2.45, 2.75) is 26.7 Å². The molecule has 1 heterocycles. The number of amides is 1. The van der Waals surface area contributed by atoms with Gasteiger partial charge in [-0.3, -0.25) is 4.79 Å². The molecule has 4 nitrogen and oxygen atoms in total. The molecule has 5 heteroatoms. The summed E-state index contributed by atoms with van der Waals surface area (Å²) in [5.41, 5.74) is 4.35. The summed E-state index contributed by atoms with van der Waals surface area (Å²) < 4.78 is 6.88. The molecule has 0 aliphatic rings. The number of para-hydroxylation sites is 1. The fourth-order valence-corrected chi connectivity index (χ4v) is 4.10. The van der Waals surface area contributed by atoms with Crippen LogP contribution in [0.25, 0.3) is 20.8 Å². The molecule has 0 radical (unpaired) electrons. The molecule has 1 aromatic heterocycles. The summed E-state index contributed by atoms with van der Waals surface area (Å²) in [6, 6.07) is 21.5. The molecule has 3 aromatic carbocycles. The SMILES string of the molecule is CCCCOc1cccc(C(=O)Nc2cc(-c3nc4ccccc4s3)ccc2C)c1. The van der Waals surface area contributed by atoms with Gasteiger partial charge in [-0.05, 0) is 55.3 Å². The fourth-order valence-electron chi connectivity index (χ4n) is 3.14. The number of carbonyl (C=O) groups excluding carboxylic acids is 1. The van der Waals surface area contributed by atoms with Crippen LogP contribution in [0.2, 0.25) is 0 Å². The van der Waals surface area contributed by atoms with Crippen LogP contribution in [-0.2, 0) is 0 Å². The van der Waals surface area contributed by atoms with E-state index in [0.29, 0.717) is 12.2 Å². The zero-order valence-corrected chi connectivity index (χ0v) is 18.0. The molecule has 0 bridgehead atoms. The lowest BCUT2D eigenvalue weighted by molar-refractivity contribution is 0.102. The second kappa shape index (κ2) is 9.09. The van der Waals surface area contributed by atoms with E-state index in [-0.39, 0.29) is 5.91 Å². The maximum absolute atomic E-state index is 12.9. The van der Waals surface area contributed by atoms with Crippen molar-refractivity contribution < 1.29 is 9.53 Å². The van der Waals surface area contributed by atoms with Crippen LogP contribution in [-0.4, -0.2) is 17.5 Å². The van der Waals surface area contributed by atoms with Gasteiger partial charge in [0, 0.05) is 16.8 Å². The first kappa shape index (κ1) is 20.1. The van der Waals surface area contributed by atoms with Gasteiger partial charge in [0.15, 0.2) is 0 Å². The first-order valence-corrected chi connectivity index (χ1v) is 11.0. The summed E-state index contributed by atoms with van der Waals surface area (Å²) in [7, 11) is 0. The van der Waals surface area contributed by atoms with Crippen LogP contribution in [0.3, 0.4) is 0 Å². The predicted molar refractivity (Wildman–Crippen MR) is 125 cm³/mol. The highest BCUT2D eigenvalue weighted by atomic mass is 32.1. The minimum Gasteiger partial charge on any atom is -0.494 e. The van der Waals surface area contributed by atoms with Crippen LogP contribution in [0.15, 0.2) is 66.7 Å². The van der Waals surface area contributed by atoms with Gasteiger partial charge in [0.25, 0.3) is 5.91 Å². The second-order valence-corrected chi connectivity index (χ2v) is 8.23. The molecule has 152 valence electrons. The molecule has 0 unspecified atom stereocenters. The Kier molecular flexibility index (Phi) is 6.10. The number of aryl methyl sites for hydroxylation is 1. The smallest absolute Gasteiger partial charge is 0.255 e. The maximum Gasteiger partial charge on any atom is 0.255 e. The first-order valence-electron chi connectivity index (χ1n) is 10.1. The highest BCUT2D eigenvalue weighted by Gasteiger charge is 2.12. The van der Waals surface area contributed by atoms with Gasteiger partial charge in [-0.25, -0.2) is 4.98 Å². The van der Waals surface area contributed by atoms with E-state index in [0.717, 1.165) is 50.6 Å². The van der Waals surface area contributed by atoms with Crippen LogP contribution in [0.4, 0.5) is 5.69 Å². The van der Waals surface area contributed by atoms with Gasteiger partial charge < -0.3 is 10.1 Å². The number of unbranched alkanes of at least 4 members (excludes halogenated alkanes) is 1. The molecule has 4 rings (SSSR count). The number of carbonyl (C=O) groups is 1. The van der Waals surface area contributed by atoms with Crippen molar-refractivity contribution in [2.75, 3.05) is 11.9 Å². The van der Waals surface area contributed by atoms with Gasteiger partial charge in [-0.1, -0.05) is 43.7 Å². The van der Waals surface area contributed by atoms with Gasteiger partial charge in [-0.2, -0.15) is 0 Å². The van der Waals surface area contributed by atoms with Crippen LogP contribution < -0.4 is 10.1 Å². The van der Waals surface area contributed by atoms with Gasteiger partial charge >= 0.3 is 0 Å². The average molecular weight is 417 g/mol. The molecule has 0 spiro atoms. The Hall–Kier alpha value is -3.18. The number of nitrogens with zero attached hydrogens (tertiary/aromatic N) is 1. The zero-order valence-electron chi connectivity index (χ0n) is 17.1. The van der Waals surface area contributed by atoms with Crippen molar-refractivity contribution in [2.24, 2.45) is 0 Å². The predicted octanol–water partition coefficient (Wildman–Crippen LogP) is 6.70. The lowest BCUT2D eigenvalue weighted by atomic mass is 10.1. The number of anilines is 1. The number of hydrogen-bond acceptors (Lipinski definition) is 4. The Balaban J connectivity index is 1.55. The molecule has 0 atom stereocenters. The molecule has 0 fully saturated rings. The minimum atomic E-state index is -0.152. The van der Waals surface area contributed by atoms with Crippen molar-refractivity contribution in [3.8, 4) is 16.3 Å². The fraction of sp³-hybridized carbons (Fsp3) is 0.200. The molecular weight excluding hydrogens is 392 g/mol. The summed E-state index contributed by atoms with van der Waals surface area (Å²) in [6.07, 6.45) is 2.07. The van der Waals surface area contributed by atoms with E-state index in [2.05, 4.69) is 18.3 Å². The number of rotatable bonds is 7. The second-order valence-electron chi connectivity index (χ2n) is 7.20. The Labute approximate surface area is 180 Å². The number of aromatic nitrogens is 1. The van der Waals surface area contributed by atoms with Crippen molar-refractivity contribution in [1.29, 1.82) is 0 Å². The number of benzene rings is 3. The van der Waals surface area contributed by atoms with E-state index < -0.39 is 0 Å². The third-order valence-electron chi connectivity index (χ3n) is 4.89. The summed E-state index contributed by atoms with van der Waals surface area (Å²) in [5.74, 6) is 0.566. The first-order chi connectivity index (χ1) is 14.6. The Morgan fingerprint density at radius 1 is 1.07 bits per heavy atom. The molecule has 0 saturated carbocycles. The molecular formula is C25H24N2O2S. The van der Waals surface area contributed by atoms with Gasteiger partial charge in [0.2, 0.25) is 0 Å². The van der Waals surface area contributed by atoms with E-state index in [1.54, 1.807) is 23.5 Å². The number of fused-ring (bicyclic) bond motifs is 1. The van der Waals surface area contributed by atoms with Crippen LogP contribution >= 0.6 is 11.3 Å². The Bertz CT molecular complexity index is 1150. The Morgan fingerprint density at radius 2 is 1.93 bits per heavy atom. The van der Waals surface area contributed by atoms with Crippen molar-refractivity contribution in [3.05, 3.63) is 77.9 Å². The zero-order chi connectivity index (χ0) is 20.9. The van der Waals surface area contributed by atoms with Crippen LogP contribution in [0.5, 0.6) is 5.75 Å². The Morgan fingerprint density at radius 3 is 2.77 bits per heavy atom. The molecule has 1 N–H and O–H groups in total. The summed E-state index contributed by atoms with van der Waals surface area (Å²) >= 11 is 1.65. The molecule has 0 aliphatic heterocycles. The van der Waals surface area contributed by atoms with Crippen LogP contribution in [0, 0.1) is 6.92 Å². The van der Waals surface area contributed by atoms with Gasteiger partial charge in [0.1, 0.15) is 10.8 Å². The summed E-state index contributed by atoms with van der Waals surface area (Å²) in [6.45, 7) is 4.77. The van der Waals surface area contributed by atoms with E-state index in [1.807, 2.05) is 55.5 Å². The molecule has 0 saturated heterocycles. The minimum absolute atomic E-state index is 0.152. The molecule has 4 aromatic rings. The lowest BCUT2D eigenvalue weighted by Crippen LogP contribution is -2.13. The van der Waals surface area contributed by atoms with E-state index in [4.69, 9.17) is 9.72 Å². The molecule has 1 amide bonds. The lowest BCUT2D eigenvalue weighted by Gasteiger charge is -2.11. The van der Waals surface area contributed by atoms with E-state index in [1.165, 1.54) is 0 Å². The normalized spacial score (nSPS) is 10.9. The topological polar surface area (TPSA) is 51.2 Å². The molecule has 30 heavy (non-hydrogen) atoms. The molecule has 0 aliphatic carbocycles. The summed E-state index contributed by atoms with van der Waals surface area (Å²) in [5, 5.41) is 3.99. The number of hydrogen-bond donors (Lipinski definition) is 1. The quantitative estimate of drug-likeness (QED) is 0.341. The largest absolute Gasteiger partial charge is 0.494 e. The number of nitrogens with one attached hydrogen (secondary N) is 1. The monoisotopic (exact) mass is 416 g/mol. The number of thiazole rings is 1. The van der Waals surface area contributed by atoms with Crippen LogP contribution in [0.1, 0.15) is 35.7 Å². The van der Waals surface area contributed by atoms with E-state index in [9.17, 15) is 4.79 Å². The van der Waals surface area contributed by atoms with Crippen molar-refractivity contribution >= 4 is 33.1 Å². The average Bonchev–Trinajstić information content (AvgIpc) is 3.20. The number of ether oxygens (including phenoxy) is 1. The standard InChI is InChI=1S/C25H24N2O2S/c1-3-4-14-29-20-9-7-8-18(15-20)24(28)26-22-16-19(13-12-17(22)2)25-27-21-10-5-6-11-23(21)30-25/h5-13,15-16H,3-4,14H2,1-2H3,(H,26,28). The highest BCUT2D eigenvalue weighted by molar-refractivity contribution is 7.21. The van der Waals surface area contributed by atoms with Gasteiger partial charge in [0.05, 0.1) is 16.8 Å². The maximum atomic E-state index is 12.9.